The lowest BCUT2D eigenvalue weighted by Gasteiger charge is -2.16. The Balaban J connectivity index is 1.54. The van der Waals surface area contributed by atoms with E-state index in [4.69, 9.17) is 10.00 Å². The summed E-state index contributed by atoms with van der Waals surface area (Å²) in [6.45, 7) is 1.80. The van der Waals surface area contributed by atoms with Crippen molar-refractivity contribution in [3.05, 3.63) is 84.4 Å². The Morgan fingerprint density at radius 2 is 1.54 bits per heavy atom. The molecule has 0 bridgehead atoms. The maximum absolute atomic E-state index is 12.4. The number of para-hydroxylation sites is 1. The lowest BCUT2D eigenvalue weighted by Crippen LogP contribution is -2.31. The van der Waals surface area contributed by atoms with E-state index in [0.717, 1.165) is 17.0 Å². The largest absolute Gasteiger partial charge is 0.457 e. The molecule has 2 N–H and O–H groups in total. The van der Waals surface area contributed by atoms with Gasteiger partial charge in [0.2, 0.25) is 5.91 Å². The smallest absolute Gasteiger partial charge is 0.246 e. The van der Waals surface area contributed by atoms with Gasteiger partial charge in [-0.25, -0.2) is 0 Å². The topological polar surface area (TPSA) is 74.2 Å². The fraction of sp³-hybridized carbons (Fsp3) is 0.130. The number of carbonyl (C=O) groups excluding carboxylic acids is 1. The summed E-state index contributed by atoms with van der Waals surface area (Å²) in [4.78, 5) is 12.4. The Bertz CT molecular complexity index is 946. The molecule has 3 aromatic carbocycles. The molecule has 5 heteroatoms. The second-order valence-electron chi connectivity index (χ2n) is 6.33. The van der Waals surface area contributed by atoms with E-state index in [1.807, 2.05) is 66.7 Å². The van der Waals surface area contributed by atoms with Crippen LogP contribution in [-0.2, 0) is 11.2 Å². The molecule has 0 aliphatic rings. The van der Waals surface area contributed by atoms with Gasteiger partial charge in [-0.2, -0.15) is 5.26 Å². The first-order valence-corrected chi connectivity index (χ1v) is 9.00. The molecule has 5 nitrogen and oxygen atoms in total. The van der Waals surface area contributed by atoms with E-state index in [1.165, 1.54) is 0 Å². The number of nitriles is 1. The molecular formula is C23H21N3O2. The third-order valence-electron chi connectivity index (χ3n) is 4.11. The van der Waals surface area contributed by atoms with E-state index in [9.17, 15) is 4.79 Å². The van der Waals surface area contributed by atoms with E-state index in [2.05, 4.69) is 16.7 Å². The van der Waals surface area contributed by atoms with Crippen LogP contribution in [0.3, 0.4) is 0 Å². The molecule has 0 heterocycles. The maximum atomic E-state index is 12.4. The Hall–Kier alpha value is -3.78. The molecule has 0 radical (unpaired) electrons. The molecule has 0 aliphatic heterocycles. The molecule has 1 unspecified atom stereocenters. The maximum Gasteiger partial charge on any atom is 0.246 e. The van der Waals surface area contributed by atoms with Gasteiger partial charge in [-0.05, 0) is 61.0 Å². The standard InChI is InChI=1S/C23H21N3O2/c1-17(25-19-9-7-18(8-10-19)15-16-24)23(27)26-20-11-13-22(14-12-20)28-21-5-3-2-4-6-21/h2-14,17,25H,15H2,1H3,(H,26,27). The van der Waals surface area contributed by atoms with Gasteiger partial charge in [0.05, 0.1) is 12.5 Å². The molecule has 28 heavy (non-hydrogen) atoms. The second kappa shape index (κ2) is 9.24. The van der Waals surface area contributed by atoms with E-state index >= 15 is 0 Å². The van der Waals surface area contributed by atoms with Crippen molar-refractivity contribution in [2.24, 2.45) is 0 Å². The van der Waals surface area contributed by atoms with Gasteiger partial charge in [-0.3, -0.25) is 4.79 Å². The van der Waals surface area contributed by atoms with Gasteiger partial charge >= 0.3 is 0 Å². The van der Waals surface area contributed by atoms with Crippen LogP contribution < -0.4 is 15.4 Å². The quantitative estimate of drug-likeness (QED) is 0.614. The second-order valence-corrected chi connectivity index (χ2v) is 6.33. The average molecular weight is 371 g/mol. The molecule has 0 aromatic heterocycles. The minimum Gasteiger partial charge on any atom is -0.457 e. The van der Waals surface area contributed by atoms with Crippen LogP contribution in [0.5, 0.6) is 11.5 Å². The number of nitrogens with zero attached hydrogens (tertiary/aromatic N) is 1. The Kier molecular flexibility index (Phi) is 6.27. The summed E-state index contributed by atoms with van der Waals surface area (Å²) in [5.41, 5.74) is 2.47. The molecular weight excluding hydrogens is 350 g/mol. The Morgan fingerprint density at radius 3 is 2.18 bits per heavy atom. The van der Waals surface area contributed by atoms with Crippen molar-refractivity contribution < 1.29 is 9.53 Å². The normalized spacial score (nSPS) is 11.1. The minimum absolute atomic E-state index is 0.141. The first kappa shape index (κ1) is 19.0. The molecule has 3 aromatic rings. The monoisotopic (exact) mass is 371 g/mol. The molecule has 0 spiro atoms. The highest BCUT2D eigenvalue weighted by Gasteiger charge is 2.13. The van der Waals surface area contributed by atoms with E-state index in [0.29, 0.717) is 17.9 Å². The van der Waals surface area contributed by atoms with E-state index in [-0.39, 0.29) is 5.91 Å². The molecule has 0 fully saturated rings. The lowest BCUT2D eigenvalue weighted by molar-refractivity contribution is -0.116. The fourth-order valence-corrected chi connectivity index (χ4v) is 2.61. The van der Waals surface area contributed by atoms with Gasteiger partial charge < -0.3 is 15.4 Å². The van der Waals surface area contributed by atoms with Crippen LogP contribution in [0.25, 0.3) is 0 Å². The van der Waals surface area contributed by atoms with Crippen molar-refractivity contribution in [1.29, 1.82) is 5.26 Å². The molecule has 3 rings (SSSR count). The van der Waals surface area contributed by atoms with Gasteiger partial charge in [-0.1, -0.05) is 30.3 Å². The van der Waals surface area contributed by atoms with Crippen molar-refractivity contribution in [2.75, 3.05) is 10.6 Å². The average Bonchev–Trinajstić information content (AvgIpc) is 2.72. The zero-order valence-electron chi connectivity index (χ0n) is 15.6. The van der Waals surface area contributed by atoms with E-state index < -0.39 is 6.04 Å². The van der Waals surface area contributed by atoms with Crippen molar-refractivity contribution >= 4 is 17.3 Å². The van der Waals surface area contributed by atoms with Gasteiger partial charge in [0, 0.05) is 11.4 Å². The number of nitrogens with one attached hydrogen (secondary N) is 2. The van der Waals surface area contributed by atoms with Gasteiger partial charge in [0.25, 0.3) is 0 Å². The molecule has 1 atom stereocenters. The number of anilines is 2. The summed E-state index contributed by atoms with van der Waals surface area (Å²) in [7, 11) is 0. The van der Waals surface area contributed by atoms with Crippen LogP contribution in [-0.4, -0.2) is 11.9 Å². The van der Waals surface area contributed by atoms with Gasteiger partial charge in [0.15, 0.2) is 0 Å². The SMILES string of the molecule is CC(Nc1ccc(CC#N)cc1)C(=O)Nc1ccc(Oc2ccccc2)cc1. The summed E-state index contributed by atoms with van der Waals surface area (Å²) in [5, 5.41) is 14.8. The molecule has 1 amide bonds. The molecule has 0 saturated carbocycles. The molecule has 140 valence electrons. The fourth-order valence-electron chi connectivity index (χ4n) is 2.61. The van der Waals surface area contributed by atoms with Crippen molar-refractivity contribution in [3.63, 3.8) is 0 Å². The van der Waals surface area contributed by atoms with Crippen LogP contribution in [0.15, 0.2) is 78.9 Å². The van der Waals surface area contributed by atoms with Crippen molar-refractivity contribution in [3.8, 4) is 17.6 Å². The number of rotatable bonds is 7. The summed E-state index contributed by atoms with van der Waals surface area (Å²) in [5.74, 6) is 1.32. The summed E-state index contributed by atoms with van der Waals surface area (Å²) in [6, 6.07) is 26.0. The molecule has 0 aliphatic carbocycles. The summed E-state index contributed by atoms with van der Waals surface area (Å²) >= 11 is 0. The van der Waals surface area contributed by atoms with Crippen molar-refractivity contribution in [1.82, 2.24) is 0 Å². The number of benzene rings is 3. The van der Waals surface area contributed by atoms with Crippen LogP contribution in [0.2, 0.25) is 0 Å². The lowest BCUT2D eigenvalue weighted by atomic mass is 10.1. The first-order chi connectivity index (χ1) is 13.6. The minimum atomic E-state index is -0.415. The van der Waals surface area contributed by atoms with Crippen LogP contribution in [0.4, 0.5) is 11.4 Å². The van der Waals surface area contributed by atoms with Crippen LogP contribution in [0, 0.1) is 11.3 Å². The Morgan fingerprint density at radius 1 is 0.929 bits per heavy atom. The summed E-state index contributed by atoms with van der Waals surface area (Å²) in [6.07, 6.45) is 0.375. The number of hydrogen-bond acceptors (Lipinski definition) is 4. The highest BCUT2D eigenvalue weighted by atomic mass is 16.5. The number of hydrogen-bond donors (Lipinski definition) is 2. The third kappa shape index (κ3) is 5.36. The predicted molar refractivity (Wildman–Crippen MR) is 110 cm³/mol. The number of carbonyl (C=O) groups is 1. The predicted octanol–water partition coefficient (Wildman–Crippen LogP) is 4.98. The van der Waals surface area contributed by atoms with Gasteiger partial charge in [0.1, 0.15) is 17.5 Å². The third-order valence-corrected chi connectivity index (χ3v) is 4.11. The zero-order valence-corrected chi connectivity index (χ0v) is 15.6. The summed E-state index contributed by atoms with van der Waals surface area (Å²) < 4.78 is 5.75. The van der Waals surface area contributed by atoms with Crippen molar-refractivity contribution in [2.45, 2.75) is 19.4 Å². The zero-order chi connectivity index (χ0) is 19.8. The highest BCUT2D eigenvalue weighted by molar-refractivity contribution is 5.96. The van der Waals surface area contributed by atoms with Crippen LogP contribution >= 0.6 is 0 Å². The highest BCUT2D eigenvalue weighted by Crippen LogP contribution is 2.22. The number of amides is 1. The number of ether oxygens (including phenoxy) is 1. The van der Waals surface area contributed by atoms with Crippen LogP contribution in [0.1, 0.15) is 12.5 Å². The van der Waals surface area contributed by atoms with E-state index in [1.54, 1.807) is 19.1 Å². The Labute approximate surface area is 164 Å². The van der Waals surface area contributed by atoms with Gasteiger partial charge in [-0.15, -0.1) is 0 Å². The molecule has 0 saturated heterocycles. The first-order valence-electron chi connectivity index (χ1n) is 9.00.